The molecule has 0 aliphatic heterocycles. The van der Waals surface area contributed by atoms with Gasteiger partial charge in [-0.15, -0.1) is 0 Å². The molecule has 0 radical (unpaired) electrons. The van der Waals surface area contributed by atoms with Crippen LogP contribution in [0, 0.1) is 0 Å². The van der Waals surface area contributed by atoms with Crippen molar-refractivity contribution in [3.8, 4) is 0 Å². The van der Waals surface area contributed by atoms with Crippen molar-refractivity contribution in [2.75, 3.05) is 7.05 Å². The first-order valence-corrected chi connectivity index (χ1v) is 9.59. The first kappa shape index (κ1) is 13.0. The van der Waals surface area contributed by atoms with Crippen LogP contribution in [0.2, 0.25) is 25.7 Å². The van der Waals surface area contributed by atoms with Crippen LogP contribution in [0.15, 0.2) is 42.6 Å². The van der Waals surface area contributed by atoms with E-state index in [1.54, 1.807) is 0 Å². The Balaban J connectivity index is 2.39. The fraction of sp³-hybridized carbons (Fsp3) is 0.429. The van der Waals surface area contributed by atoms with Crippen LogP contribution in [0.25, 0.3) is 0 Å². The van der Waals surface area contributed by atoms with Crippen molar-refractivity contribution in [2.45, 2.75) is 32.2 Å². The molecule has 0 aromatic heterocycles. The highest BCUT2D eigenvalue weighted by atomic mass is 28.3. The third-order valence-corrected chi connectivity index (χ3v) is 3.83. The van der Waals surface area contributed by atoms with E-state index in [2.05, 4.69) is 74.2 Å². The summed E-state index contributed by atoms with van der Waals surface area (Å²) in [6.07, 6.45) is 4.53. The second-order valence-electron chi connectivity index (χ2n) is 5.55. The quantitative estimate of drug-likeness (QED) is 0.696. The molecule has 0 fully saturated rings. The lowest BCUT2D eigenvalue weighted by molar-refractivity contribution is 0.450. The summed E-state index contributed by atoms with van der Waals surface area (Å²) in [5.74, 6) is 0. The molecular formula is C14H23NSi. The Bertz CT molecular complexity index is 324. The molecule has 0 aliphatic carbocycles. The Hall–Kier alpha value is -1.02. The molecule has 0 spiro atoms. The van der Waals surface area contributed by atoms with Crippen LogP contribution < -0.4 is 0 Å². The number of hydrogen-bond donors (Lipinski definition) is 0. The molecule has 0 atom stereocenters. The molecule has 0 saturated heterocycles. The van der Waals surface area contributed by atoms with E-state index < -0.39 is 8.07 Å². The van der Waals surface area contributed by atoms with E-state index in [1.165, 1.54) is 11.6 Å². The molecule has 1 nitrogen and oxygen atoms in total. The molecule has 1 aromatic carbocycles. The second-order valence-corrected chi connectivity index (χ2v) is 11.1. The van der Waals surface area contributed by atoms with E-state index in [-0.39, 0.29) is 0 Å². The van der Waals surface area contributed by atoms with Gasteiger partial charge >= 0.3 is 0 Å². The topological polar surface area (TPSA) is 3.24 Å². The van der Waals surface area contributed by atoms with Gasteiger partial charge in [-0.2, -0.15) is 0 Å². The van der Waals surface area contributed by atoms with Gasteiger partial charge in [0, 0.05) is 21.7 Å². The maximum atomic E-state index is 2.40. The van der Waals surface area contributed by atoms with Crippen LogP contribution >= 0.6 is 0 Å². The number of allylic oxidation sites excluding steroid dienone is 1. The Morgan fingerprint density at radius 2 is 1.75 bits per heavy atom. The molecule has 0 bridgehead atoms. The minimum Gasteiger partial charge on any atom is -0.376 e. The van der Waals surface area contributed by atoms with Crippen LogP contribution in [-0.2, 0) is 6.54 Å². The zero-order chi connectivity index (χ0) is 12.0. The number of benzene rings is 1. The number of hydrogen-bond acceptors (Lipinski definition) is 1. The lowest BCUT2D eigenvalue weighted by atomic mass is 10.2. The SMILES string of the molecule is CN(/C=C/C[Si](C)(C)C)Cc1ccccc1. The summed E-state index contributed by atoms with van der Waals surface area (Å²) in [5.41, 5.74) is 1.36. The molecule has 1 aromatic rings. The molecule has 0 N–H and O–H groups in total. The van der Waals surface area contributed by atoms with Gasteiger partial charge in [-0.3, -0.25) is 0 Å². The van der Waals surface area contributed by atoms with E-state index in [0.29, 0.717) is 0 Å². The van der Waals surface area contributed by atoms with Crippen LogP contribution in [0.4, 0.5) is 0 Å². The second kappa shape index (κ2) is 5.90. The normalized spacial score (nSPS) is 12.0. The van der Waals surface area contributed by atoms with Crippen molar-refractivity contribution in [2.24, 2.45) is 0 Å². The molecular weight excluding hydrogens is 210 g/mol. The minimum atomic E-state index is -0.930. The lowest BCUT2D eigenvalue weighted by Gasteiger charge is -2.16. The molecule has 16 heavy (non-hydrogen) atoms. The highest BCUT2D eigenvalue weighted by Gasteiger charge is 2.09. The van der Waals surface area contributed by atoms with Gasteiger partial charge in [0.2, 0.25) is 0 Å². The average Bonchev–Trinajstić information content (AvgIpc) is 2.17. The Kier molecular flexibility index (Phi) is 4.81. The van der Waals surface area contributed by atoms with Crippen LogP contribution in [0.3, 0.4) is 0 Å². The van der Waals surface area contributed by atoms with Crippen molar-refractivity contribution >= 4 is 8.07 Å². The fourth-order valence-electron chi connectivity index (χ4n) is 1.51. The smallest absolute Gasteiger partial charge is 0.0480 e. The van der Waals surface area contributed by atoms with Crippen LogP contribution in [-0.4, -0.2) is 20.0 Å². The molecule has 0 unspecified atom stereocenters. The highest BCUT2D eigenvalue weighted by Crippen LogP contribution is 2.09. The molecule has 2 heteroatoms. The third kappa shape index (κ3) is 5.76. The Labute approximate surface area is 101 Å². The van der Waals surface area contributed by atoms with E-state index in [1.807, 2.05) is 0 Å². The zero-order valence-electron chi connectivity index (χ0n) is 10.9. The monoisotopic (exact) mass is 233 g/mol. The van der Waals surface area contributed by atoms with Gasteiger partial charge in [0.15, 0.2) is 0 Å². The van der Waals surface area contributed by atoms with Crippen molar-refractivity contribution in [1.29, 1.82) is 0 Å². The van der Waals surface area contributed by atoms with Gasteiger partial charge in [-0.05, 0) is 17.8 Å². The van der Waals surface area contributed by atoms with Crippen molar-refractivity contribution in [3.63, 3.8) is 0 Å². The average molecular weight is 233 g/mol. The predicted molar refractivity (Wildman–Crippen MR) is 75.2 cm³/mol. The Morgan fingerprint density at radius 1 is 1.12 bits per heavy atom. The van der Waals surface area contributed by atoms with Crippen LogP contribution in [0.1, 0.15) is 5.56 Å². The van der Waals surface area contributed by atoms with Gasteiger partial charge in [0.05, 0.1) is 0 Å². The first-order valence-electron chi connectivity index (χ1n) is 5.88. The van der Waals surface area contributed by atoms with Gasteiger partial charge < -0.3 is 4.90 Å². The maximum absolute atomic E-state index is 2.40. The predicted octanol–water partition coefficient (Wildman–Crippen LogP) is 3.97. The molecule has 0 amide bonds. The van der Waals surface area contributed by atoms with Gasteiger partial charge in [0.1, 0.15) is 0 Å². The fourth-order valence-corrected chi connectivity index (χ4v) is 2.32. The van der Waals surface area contributed by atoms with Crippen LogP contribution in [0.5, 0.6) is 0 Å². The molecule has 0 aliphatic rings. The third-order valence-electron chi connectivity index (χ3n) is 2.36. The summed E-state index contributed by atoms with van der Waals surface area (Å²) in [6, 6.07) is 11.8. The summed E-state index contributed by atoms with van der Waals surface area (Å²) in [6.45, 7) is 8.18. The number of nitrogens with zero attached hydrogens (tertiary/aromatic N) is 1. The minimum absolute atomic E-state index is 0.930. The molecule has 0 saturated carbocycles. The van der Waals surface area contributed by atoms with Gasteiger partial charge in [0.25, 0.3) is 0 Å². The van der Waals surface area contributed by atoms with E-state index in [9.17, 15) is 0 Å². The molecule has 88 valence electrons. The highest BCUT2D eigenvalue weighted by molar-refractivity contribution is 6.76. The maximum Gasteiger partial charge on any atom is 0.0480 e. The summed E-state index contributed by atoms with van der Waals surface area (Å²) < 4.78 is 0. The van der Waals surface area contributed by atoms with E-state index in [4.69, 9.17) is 0 Å². The Morgan fingerprint density at radius 3 is 2.31 bits per heavy atom. The van der Waals surface area contributed by atoms with E-state index in [0.717, 1.165) is 6.54 Å². The van der Waals surface area contributed by atoms with E-state index >= 15 is 0 Å². The van der Waals surface area contributed by atoms with Gasteiger partial charge in [-0.25, -0.2) is 0 Å². The lowest BCUT2D eigenvalue weighted by Crippen LogP contribution is -2.18. The van der Waals surface area contributed by atoms with Crippen molar-refractivity contribution in [1.82, 2.24) is 4.90 Å². The largest absolute Gasteiger partial charge is 0.376 e. The van der Waals surface area contributed by atoms with Gasteiger partial charge in [-0.1, -0.05) is 56.0 Å². The standard InChI is InChI=1S/C14H23NSi/c1-15(11-8-12-16(2,3)4)13-14-9-6-5-7-10-14/h5-11H,12-13H2,1-4H3/b11-8+. The number of rotatable bonds is 5. The summed E-state index contributed by atoms with van der Waals surface area (Å²) in [5, 5.41) is 0. The molecule has 0 heterocycles. The van der Waals surface area contributed by atoms with Crippen molar-refractivity contribution in [3.05, 3.63) is 48.2 Å². The summed E-state index contributed by atoms with van der Waals surface area (Å²) in [7, 11) is 1.20. The summed E-state index contributed by atoms with van der Waals surface area (Å²) >= 11 is 0. The first-order chi connectivity index (χ1) is 7.47. The zero-order valence-corrected chi connectivity index (χ0v) is 11.9. The van der Waals surface area contributed by atoms with Crippen molar-refractivity contribution < 1.29 is 0 Å². The summed E-state index contributed by atoms with van der Waals surface area (Å²) in [4.78, 5) is 2.25. The molecule has 1 rings (SSSR count).